The maximum absolute atomic E-state index is 4.41. The Kier molecular flexibility index (Phi) is 3.39. The van der Waals surface area contributed by atoms with Crippen molar-refractivity contribution in [3.8, 4) is 0 Å². The molecule has 0 aromatic carbocycles. The lowest BCUT2D eigenvalue weighted by Crippen LogP contribution is -2.06. The molecule has 2 aromatic rings. The first-order valence-corrected chi connectivity index (χ1v) is 8.25. The van der Waals surface area contributed by atoms with Gasteiger partial charge in [0.2, 0.25) is 0 Å². The molecule has 2 aliphatic rings. The molecule has 2 saturated carbocycles. The Morgan fingerprint density at radius 2 is 1.95 bits per heavy atom. The Labute approximate surface area is 127 Å². The lowest BCUT2D eigenvalue weighted by atomic mass is 10.3. The molecule has 2 aliphatic carbocycles. The lowest BCUT2D eigenvalue weighted by Gasteiger charge is -2.07. The van der Waals surface area contributed by atoms with Crippen molar-refractivity contribution in [2.24, 2.45) is 0 Å². The summed E-state index contributed by atoms with van der Waals surface area (Å²) in [6, 6.07) is 0.599. The number of rotatable bonds is 6. The summed E-state index contributed by atoms with van der Waals surface area (Å²) < 4.78 is 2.33. The van der Waals surface area contributed by atoms with Crippen LogP contribution < -0.4 is 5.32 Å². The van der Waals surface area contributed by atoms with E-state index in [1.165, 1.54) is 43.3 Å². The van der Waals surface area contributed by atoms with Gasteiger partial charge in [-0.15, -0.1) is 10.2 Å². The largest absolute Gasteiger partial charge is 0.316 e. The van der Waals surface area contributed by atoms with Gasteiger partial charge in [0.05, 0.1) is 0 Å². The summed E-state index contributed by atoms with van der Waals surface area (Å²) in [5, 5.41) is 13.6. The third-order valence-corrected chi connectivity index (χ3v) is 4.64. The molecule has 0 spiro atoms. The summed E-state index contributed by atoms with van der Waals surface area (Å²) >= 11 is 1.52. The summed E-state index contributed by atoms with van der Waals surface area (Å²) in [7, 11) is 1.92. The minimum Gasteiger partial charge on any atom is -0.316 e. The van der Waals surface area contributed by atoms with Crippen LogP contribution >= 0.6 is 11.8 Å². The van der Waals surface area contributed by atoms with E-state index in [1.54, 1.807) is 0 Å². The fourth-order valence-corrected chi connectivity index (χ4v) is 3.22. The molecule has 0 atom stereocenters. The Bertz CT molecular complexity index is 629. The van der Waals surface area contributed by atoms with Crippen LogP contribution in [0.25, 0.3) is 0 Å². The van der Waals surface area contributed by atoms with Crippen molar-refractivity contribution in [1.82, 2.24) is 30.0 Å². The van der Waals surface area contributed by atoms with Gasteiger partial charge >= 0.3 is 0 Å². The number of nitrogens with zero attached hydrogens (tertiary/aromatic N) is 5. The molecule has 0 aliphatic heterocycles. The molecule has 1 N–H and O–H groups in total. The zero-order chi connectivity index (χ0) is 14.2. The fraction of sp³-hybridized carbons (Fsp3) is 0.571. The van der Waals surface area contributed by atoms with Crippen molar-refractivity contribution >= 4 is 11.8 Å². The Balaban J connectivity index is 1.56. The van der Waals surface area contributed by atoms with E-state index >= 15 is 0 Å². The summed E-state index contributed by atoms with van der Waals surface area (Å²) in [6.45, 7) is 0.787. The van der Waals surface area contributed by atoms with Gasteiger partial charge in [-0.2, -0.15) is 0 Å². The zero-order valence-corrected chi connectivity index (χ0v) is 12.8. The molecule has 0 bridgehead atoms. The Hall–Kier alpha value is -1.47. The van der Waals surface area contributed by atoms with Gasteiger partial charge in [0, 0.05) is 36.5 Å². The van der Waals surface area contributed by atoms with Crippen molar-refractivity contribution in [2.45, 2.75) is 54.5 Å². The molecule has 4 rings (SSSR count). The molecule has 2 heterocycles. The highest BCUT2D eigenvalue weighted by Gasteiger charge is 2.36. The molecule has 0 saturated heterocycles. The second-order valence-corrected chi connectivity index (χ2v) is 6.66. The van der Waals surface area contributed by atoms with Crippen LogP contribution in [0.5, 0.6) is 0 Å². The summed E-state index contributed by atoms with van der Waals surface area (Å²) in [5.41, 5.74) is 1.09. The molecule has 2 fully saturated rings. The lowest BCUT2D eigenvalue weighted by molar-refractivity contribution is 0.626. The number of nitrogens with one attached hydrogen (secondary N) is 1. The SMILES string of the molecule is CNCc1cnc(Sc2nnc(C3CC3)n2C2CC2)nc1. The van der Waals surface area contributed by atoms with E-state index in [-0.39, 0.29) is 0 Å². The van der Waals surface area contributed by atoms with Gasteiger partial charge in [-0.25, -0.2) is 9.97 Å². The topological polar surface area (TPSA) is 68.5 Å². The summed E-state index contributed by atoms with van der Waals surface area (Å²) in [6.07, 6.45) is 8.73. The van der Waals surface area contributed by atoms with E-state index in [0.717, 1.165) is 22.4 Å². The Morgan fingerprint density at radius 1 is 1.19 bits per heavy atom. The average molecular weight is 302 g/mol. The van der Waals surface area contributed by atoms with Crippen LogP contribution in [0, 0.1) is 0 Å². The van der Waals surface area contributed by atoms with Crippen LogP contribution in [0.2, 0.25) is 0 Å². The number of aromatic nitrogens is 5. The predicted octanol–water partition coefficient (Wildman–Crippen LogP) is 2.15. The smallest absolute Gasteiger partial charge is 0.199 e. The van der Waals surface area contributed by atoms with E-state index in [0.29, 0.717) is 12.0 Å². The molecular weight excluding hydrogens is 284 g/mol. The third-order valence-electron chi connectivity index (χ3n) is 3.79. The second-order valence-electron chi connectivity index (χ2n) is 5.72. The van der Waals surface area contributed by atoms with Crippen LogP contribution in [0.1, 0.15) is 49.0 Å². The molecule has 6 nitrogen and oxygen atoms in total. The van der Waals surface area contributed by atoms with Gasteiger partial charge < -0.3 is 9.88 Å². The van der Waals surface area contributed by atoms with Crippen molar-refractivity contribution in [3.63, 3.8) is 0 Å². The highest BCUT2D eigenvalue weighted by molar-refractivity contribution is 7.99. The van der Waals surface area contributed by atoms with Crippen LogP contribution in [-0.4, -0.2) is 31.8 Å². The van der Waals surface area contributed by atoms with Gasteiger partial charge in [0.25, 0.3) is 0 Å². The zero-order valence-electron chi connectivity index (χ0n) is 12.0. The minimum absolute atomic E-state index is 0.599. The molecule has 110 valence electrons. The molecule has 7 heteroatoms. The van der Waals surface area contributed by atoms with Gasteiger partial charge in [0.15, 0.2) is 10.3 Å². The van der Waals surface area contributed by atoms with Crippen LogP contribution in [0.4, 0.5) is 0 Å². The quantitative estimate of drug-likeness (QED) is 0.825. The highest BCUT2D eigenvalue weighted by atomic mass is 32.2. The average Bonchev–Trinajstić information content (AvgIpc) is 3.41. The molecule has 2 aromatic heterocycles. The molecule has 0 unspecified atom stereocenters. The maximum atomic E-state index is 4.41. The van der Waals surface area contributed by atoms with Gasteiger partial charge in [-0.3, -0.25) is 0 Å². The van der Waals surface area contributed by atoms with Gasteiger partial charge in [-0.05, 0) is 44.5 Å². The molecule has 0 amide bonds. The monoisotopic (exact) mass is 302 g/mol. The maximum Gasteiger partial charge on any atom is 0.199 e. The van der Waals surface area contributed by atoms with E-state index < -0.39 is 0 Å². The van der Waals surface area contributed by atoms with Crippen LogP contribution in [0.3, 0.4) is 0 Å². The Morgan fingerprint density at radius 3 is 2.57 bits per heavy atom. The highest BCUT2D eigenvalue weighted by Crippen LogP contribution is 2.46. The minimum atomic E-state index is 0.599. The van der Waals surface area contributed by atoms with Crippen LogP contribution in [-0.2, 0) is 6.54 Å². The van der Waals surface area contributed by atoms with E-state index in [1.807, 2.05) is 19.4 Å². The summed E-state index contributed by atoms with van der Waals surface area (Å²) in [5.74, 6) is 1.80. The number of hydrogen-bond acceptors (Lipinski definition) is 6. The molecular formula is C14H18N6S. The third kappa shape index (κ3) is 2.80. The van der Waals surface area contributed by atoms with Gasteiger partial charge in [0.1, 0.15) is 5.82 Å². The first-order chi connectivity index (χ1) is 10.3. The van der Waals surface area contributed by atoms with Crippen molar-refractivity contribution < 1.29 is 0 Å². The first-order valence-electron chi connectivity index (χ1n) is 7.43. The normalized spacial score (nSPS) is 18.1. The molecule has 0 radical (unpaired) electrons. The first kappa shape index (κ1) is 13.2. The van der Waals surface area contributed by atoms with Crippen molar-refractivity contribution in [1.29, 1.82) is 0 Å². The van der Waals surface area contributed by atoms with E-state index in [2.05, 4.69) is 30.0 Å². The van der Waals surface area contributed by atoms with E-state index in [4.69, 9.17) is 0 Å². The van der Waals surface area contributed by atoms with Crippen molar-refractivity contribution in [3.05, 3.63) is 23.8 Å². The fourth-order valence-electron chi connectivity index (χ4n) is 2.43. The number of hydrogen-bond donors (Lipinski definition) is 1. The standard InChI is InChI=1S/C14H18N6S/c1-15-6-9-7-16-13(17-8-9)21-14-19-18-12(10-2-3-10)20(14)11-4-5-11/h7-8,10-11,15H,2-6H2,1H3. The molecule has 21 heavy (non-hydrogen) atoms. The summed E-state index contributed by atoms with van der Waals surface area (Å²) in [4.78, 5) is 8.83. The van der Waals surface area contributed by atoms with Crippen LogP contribution in [0.15, 0.2) is 22.7 Å². The van der Waals surface area contributed by atoms with E-state index in [9.17, 15) is 0 Å². The second kappa shape index (κ2) is 5.38. The van der Waals surface area contributed by atoms with Crippen molar-refractivity contribution in [2.75, 3.05) is 7.05 Å². The predicted molar refractivity (Wildman–Crippen MR) is 79.2 cm³/mol. The van der Waals surface area contributed by atoms with Gasteiger partial charge in [-0.1, -0.05) is 0 Å².